The maximum absolute atomic E-state index is 11.6. The van der Waals surface area contributed by atoms with Gasteiger partial charge in [0, 0.05) is 6.07 Å². The van der Waals surface area contributed by atoms with Gasteiger partial charge in [-0.1, -0.05) is 12.1 Å². The van der Waals surface area contributed by atoms with Crippen LogP contribution in [-0.4, -0.2) is 40.3 Å². The number of rotatable bonds is 6. The third-order valence-electron chi connectivity index (χ3n) is 2.46. The molecule has 1 atom stereocenters. The number of carbonyl (C=O) groups excluding carboxylic acids is 1. The lowest BCUT2D eigenvalue weighted by Gasteiger charge is -2.22. The summed E-state index contributed by atoms with van der Waals surface area (Å²) in [6, 6.07) is 4.12. The van der Waals surface area contributed by atoms with Crippen LogP contribution in [0.15, 0.2) is 24.3 Å². The van der Waals surface area contributed by atoms with Crippen molar-refractivity contribution < 1.29 is 29.1 Å². The highest BCUT2D eigenvalue weighted by Crippen LogP contribution is 2.25. The smallest absolute Gasteiger partial charge is 0.408 e. The molecule has 0 spiro atoms. The summed E-state index contributed by atoms with van der Waals surface area (Å²) in [7, 11) is 0. The number of alkyl carbamates (subject to hydrolysis) is 1. The van der Waals surface area contributed by atoms with Crippen LogP contribution in [-0.2, 0) is 9.53 Å². The van der Waals surface area contributed by atoms with Crippen LogP contribution in [0.25, 0.3) is 0 Å². The molecule has 0 saturated heterocycles. The molecule has 9 heteroatoms. The van der Waals surface area contributed by atoms with Crippen LogP contribution >= 0.6 is 0 Å². The zero-order valence-electron chi connectivity index (χ0n) is 12.9. The summed E-state index contributed by atoms with van der Waals surface area (Å²) in [6.07, 6.45) is -0.920. The number of nitrogens with zero attached hydrogens (tertiary/aromatic N) is 1. The van der Waals surface area contributed by atoms with Crippen LogP contribution in [0.2, 0.25) is 0 Å². The van der Waals surface area contributed by atoms with Gasteiger partial charge in [0.05, 0.1) is 4.92 Å². The zero-order chi connectivity index (χ0) is 17.6. The lowest BCUT2D eigenvalue weighted by Crippen LogP contribution is -2.46. The van der Waals surface area contributed by atoms with Crippen molar-refractivity contribution in [1.82, 2.24) is 5.32 Å². The third-order valence-corrected chi connectivity index (χ3v) is 2.46. The second-order valence-electron chi connectivity index (χ2n) is 5.57. The maximum atomic E-state index is 11.6. The minimum absolute atomic E-state index is 0.0882. The topological polar surface area (TPSA) is 128 Å². The fourth-order valence-electron chi connectivity index (χ4n) is 1.53. The third kappa shape index (κ3) is 6.20. The van der Waals surface area contributed by atoms with Crippen LogP contribution < -0.4 is 10.1 Å². The molecule has 1 rings (SSSR count). The number of amides is 1. The highest BCUT2D eigenvalue weighted by atomic mass is 16.6. The van der Waals surface area contributed by atoms with Crippen molar-refractivity contribution in [2.75, 3.05) is 6.61 Å². The fraction of sp³-hybridized carbons (Fsp3) is 0.429. The van der Waals surface area contributed by atoms with E-state index in [0.29, 0.717) is 0 Å². The zero-order valence-corrected chi connectivity index (χ0v) is 12.9. The molecule has 1 aromatic rings. The molecule has 23 heavy (non-hydrogen) atoms. The molecule has 0 heterocycles. The second kappa shape index (κ2) is 7.43. The Balaban J connectivity index is 2.73. The van der Waals surface area contributed by atoms with E-state index in [1.54, 1.807) is 20.8 Å². The Morgan fingerprint density at radius 2 is 1.96 bits per heavy atom. The highest BCUT2D eigenvalue weighted by Gasteiger charge is 2.25. The minimum Gasteiger partial charge on any atom is -0.484 e. The average Bonchev–Trinajstić information content (AvgIpc) is 2.41. The van der Waals surface area contributed by atoms with Crippen molar-refractivity contribution in [1.29, 1.82) is 0 Å². The number of hydrogen-bond acceptors (Lipinski definition) is 6. The Bertz CT molecular complexity index is 595. The number of hydrogen-bond donors (Lipinski definition) is 2. The standard InChI is InChI=1S/C14H18N2O7/c1-14(2,3)23-13(19)15-9(12(17)18)8-22-11-7-5-4-6-10(11)16(20)21/h4-7,9H,8H2,1-3H3,(H,15,19)(H,17,18). The van der Waals surface area contributed by atoms with Crippen LogP contribution in [0.5, 0.6) is 5.75 Å². The number of para-hydroxylation sites is 2. The number of ether oxygens (including phenoxy) is 2. The van der Waals surface area contributed by atoms with E-state index in [1.165, 1.54) is 24.3 Å². The number of carboxylic acid groups (broad SMARTS) is 1. The van der Waals surface area contributed by atoms with Gasteiger partial charge in [0.2, 0.25) is 0 Å². The van der Waals surface area contributed by atoms with Crippen molar-refractivity contribution in [3.8, 4) is 5.75 Å². The normalized spacial score (nSPS) is 12.1. The number of aliphatic carboxylic acids is 1. The number of carbonyl (C=O) groups is 2. The maximum Gasteiger partial charge on any atom is 0.408 e. The van der Waals surface area contributed by atoms with E-state index in [4.69, 9.17) is 14.6 Å². The molecular weight excluding hydrogens is 308 g/mol. The number of nitro benzene ring substituents is 1. The number of carboxylic acids is 1. The number of nitrogens with one attached hydrogen (secondary N) is 1. The Hall–Kier alpha value is -2.84. The van der Waals surface area contributed by atoms with Crippen LogP contribution in [0.3, 0.4) is 0 Å². The molecule has 2 N–H and O–H groups in total. The van der Waals surface area contributed by atoms with E-state index in [-0.39, 0.29) is 11.4 Å². The quantitative estimate of drug-likeness (QED) is 0.604. The SMILES string of the molecule is CC(C)(C)OC(=O)NC(COc1ccccc1[N+](=O)[O-])C(=O)O. The summed E-state index contributed by atoms with van der Waals surface area (Å²) in [5, 5.41) is 22.1. The molecule has 0 bridgehead atoms. The lowest BCUT2D eigenvalue weighted by molar-refractivity contribution is -0.385. The van der Waals surface area contributed by atoms with Gasteiger partial charge in [-0.15, -0.1) is 0 Å². The molecule has 0 aliphatic rings. The van der Waals surface area contributed by atoms with Gasteiger partial charge in [-0.25, -0.2) is 9.59 Å². The Morgan fingerprint density at radius 3 is 2.48 bits per heavy atom. The molecule has 0 aromatic heterocycles. The van der Waals surface area contributed by atoms with E-state index < -0.39 is 35.2 Å². The van der Waals surface area contributed by atoms with E-state index in [2.05, 4.69) is 5.32 Å². The molecule has 1 amide bonds. The second-order valence-corrected chi connectivity index (χ2v) is 5.57. The first kappa shape index (κ1) is 18.2. The van der Waals surface area contributed by atoms with E-state index in [0.717, 1.165) is 0 Å². The summed E-state index contributed by atoms with van der Waals surface area (Å²) in [5.41, 5.74) is -1.08. The van der Waals surface area contributed by atoms with Crippen molar-refractivity contribution in [3.63, 3.8) is 0 Å². The molecule has 126 valence electrons. The van der Waals surface area contributed by atoms with Gasteiger partial charge >= 0.3 is 17.7 Å². The summed E-state index contributed by atoms with van der Waals surface area (Å²) in [5.74, 6) is -1.44. The summed E-state index contributed by atoms with van der Waals surface area (Å²) in [6.45, 7) is 4.41. The van der Waals surface area contributed by atoms with Gasteiger partial charge in [-0.05, 0) is 26.8 Å². The van der Waals surface area contributed by atoms with E-state index in [1.807, 2.05) is 0 Å². The van der Waals surface area contributed by atoms with Crippen LogP contribution in [0, 0.1) is 10.1 Å². The van der Waals surface area contributed by atoms with Gasteiger partial charge < -0.3 is 19.9 Å². The van der Waals surface area contributed by atoms with Crippen LogP contribution in [0.4, 0.5) is 10.5 Å². The van der Waals surface area contributed by atoms with Crippen molar-refractivity contribution >= 4 is 17.7 Å². The Labute approximate surface area is 132 Å². The van der Waals surface area contributed by atoms with Gasteiger partial charge in [-0.2, -0.15) is 0 Å². The first-order valence-corrected chi connectivity index (χ1v) is 6.68. The molecule has 1 aromatic carbocycles. The molecule has 1 unspecified atom stereocenters. The molecule has 0 saturated carbocycles. The Kier molecular flexibility index (Phi) is 5.88. The van der Waals surface area contributed by atoms with Crippen LogP contribution in [0.1, 0.15) is 20.8 Å². The summed E-state index contributed by atoms with van der Waals surface area (Å²) >= 11 is 0. The molecule has 9 nitrogen and oxygen atoms in total. The average molecular weight is 326 g/mol. The molecule has 0 radical (unpaired) electrons. The predicted molar refractivity (Wildman–Crippen MR) is 79.4 cm³/mol. The first-order valence-electron chi connectivity index (χ1n) is 6.68. The highest BCUT2D eigenvalue weighted by molar-refractivity contribution is 5.80. The largest absolute Gasteiger partial charge is 0.484 e. The molecule has 0 aliphatic carbocycles. The van der Waals surface area contributed by atoms with E-state index >= 15 is 0 Å². The van der Waals surface area contributed by atoms with Crippen molar-refractivity contribution in [2.24, 2.45) is 0 Å². The van der Waals surface area contributed by atoms with Gasteiger partial charge in [0.25, 0.3) is 0 Å². The fourth-order valence-corrected chi connectivity index (χ4v) is 1.53. The molecular formula is C14H18N2O7. The lowest BCUT2D eigenvalue weighted by atomic mass is 10.2. The number of nitro groups is 1. The molecule has 0 fully saturated rings. The first-order chi connectivity index (χ1) is 10.6. The summed E-state index contributed by atoms with van der Waals surface area (Å²) in [4.78, 5) is 33.0. The molecule has 0 aliphatic heterocycles. The monoisotopic (exact) mass is 326 g/mol. The predicted octanol–water partition coefficient (Wildman–Crippen LogP) is 1.95. The van der Waals surface area contributed by atoms with E-state index in [9.17, 15) is 19.7 Å². The Morgan fingerprint density at radius 1 is 1.35 bits per heavy atom. The summed E-state index contributed by atoms with van der Waals surface area (Å²) < 4.78 is 10.1. The number of benzene rings is 1. The van der Waals surface area contributed by atoms with Gasteiger partial charge in [0.1, 0.15) is 12.2 Å². The van der Waals surface area contributed by atoms with Gasteiger partial charge in [-0.3, -0.25) is 10.1 Å². The minimum atomic E-state index is -1.41. The van der Waals surface area contributed by atoms with Gasteiger partial charge in [0.15, 0.2) is 11.8 Å². The van der Waals surface area contributed by atoms with Crippen molar-refractivity contribution in [3.05, 3.63) is 34.4 Å². The van der Waals surface area contributed by atoms with Crippen molar-refractivity contribution in [2.45, 2.75) is 32.4 Å².